The van der Waals surface area contributed by atoms with Gasteiger partial charge in [-0.05, 0) is 50.1 Å². The Labute approximate surface area is 205 Å². The number of hydrogen-bond donors (Lipinski definition) is 1. The number of nitrogens with one attached hydrogen (secondary N) is 1. The number of benzene rings is 2. The Kier molecular flexibility index (Phi) is 7.70. The molecule has 2 heterocycles. The second-order valence-corrected chi connectivity index (χ2v) is 9.27. The summed E-state index contributed by atoms with van der Waals surface area (Å²) in [5, 5.41) is 2.92. The lowest BCUT2D eigenvalue weighted by Gasteiger charge is -2.35. The highest BCUT2D eigenvalue weighted by atomic mass is 16.5. The van der Waals surface area contributed by atoms with Crippen LogP contribution in [0.3, 0.4) is 0 Å². The Morgan fingerprint density at radius 1 is 0.943 bits per heavy atom. The molecule has 1 fully saturated rings. The van der Waals surface area contributed by atoms with E-state index in [-0.39, 0.29) is 36.1 Å². The van der Waals surface area contributed by atoms with Crippen LogP contribution in [0.4, 0.5) is 0 Å². The molecule has 0 saturated carbocycles. The molecular formula is C27H34N4O4. The van der Waals surface area contributed by atoms with Crippen molar-refractivity contribution in [2.24, 2.45) is 0 Å². The van der Waals surface area contributed by atoms with Gasteiger partial charge in [-0.3, -0.25) is 18.7 Å². The zero-order chi connectivity index (χ0) is 24.9. The number of amides is 2. The van der Waals surface area contributed by atoms with Crippen LogP contribution in [0.5, 0.6) is 0 Å². The number of aromatic nitrogens is 2. The summed E-state index contributed by atoms with van der Waals surface area (Å²) in [7, 11) is 0. The zero-order valence-electron chi connectivity index (χ0n) is 20.7. The van der Waals surface area contributed by atoms with Crippen molar-refractivity contribution >= 4 is 22.8 Å². The molecular weight excluding hydrogens is 444 g/mol. The van der Waals surface area contributed by atoms with Gasteiger partial charge in [0, 0.05) is 44.7 Å². The summed E-state index contributed by atoms with van der Waals surface area (Å²) in [6, 6.07) is 15.0. The van der Waals surface area contributed by atoms with E-state index in [9.17, 15) is 14.4 Å². The van der Waals surface area contributed by atoms with Crippen molar-refractivity contribution in [2.75, 3.05) is 13.1 Å². The standard InChI is InChI=1S/C27H34N4O4/c1-4-14-30-23-7-5-6-8-24(23)31(27(30)34)15-13-25(32)28-16-21-9-11-22(12-10-21)26(33)29-17-19(2)35-20(3)18-29/h5-12,19-20H,4,13-18H2,1-3H3,(H,28,32). The van der Waals surface area contributed by atoms with Crippen LogP contribution in [0, 0.1) is 0 Å². The largest absolute Gasteiger partial charge is 0.372 e. The van der Waals surface area contributed by atoms with Crippen molar-refractivity contribution in [3.63, 3.8) is 0 Å². The van der Waals surface area contributed by atoms with E-state index < -0.39 is 0 Å². The minimum Gasteiger partial charge on any atom is -0.372 e. The Hall–Kier alpha value is -3.39. The molecule has 2 atom stereocenters. The fraction of sp³-hybridized carbons (Fsp3) is 0.444. The van der Waals surface area contributed by atoms with Gasteiger partial charge in [0.2, 0.25) is 5.91 Å². The van der Waals surface area contributed by atoms with Crippen molar-refractivity contribution < 1.29 is 14.3 Å². The van der Waals surface area contributed by atoms with E-state index in [4.69, 9.17) is 4.74 Å². The van der Waals surface area contributed by atoms with Crippen LogP contribution < -0.4 is 11.0 Å². The molecule has 1 aliphatic rings. The molecule has 1 aromatic heterocycles. The molecule has 1 saturated heterocycles. The first-order chi connectivity index (χ1) is 16.9. The van der Waals surface area contributed by atoms with Gasteiger partial charge in [-0.2, -0.15) is 0 Å². The fourth-order valence-electron chi connectivity index (χ4n) is 4.72. The number of imidazole rings is 1. The van der Waals surface area contributed by atoms with Crippen molar-refractivity contribution in [3.05, 3.63) is 70.1 Å². The number of fused-ring (bicyclic) bond motifs is 1. The van der Waals surface area contributed by atoms with Gasteiger partial charge >= 0.3 is 5.69 Å². The number of hydrogen-bond acceptors (Lipinski definition) is 4. The topological polar surface area (TPSA) is 85.6 Å². The second kappa shape index (κ2) is 10.9. The van der Waals surface area contributed by atoms with Crippen LogP contribution in [-0.4, -0.2) is 51.1 Å². The van der Waals surface area contributed by atoms with Crippen LogP contribution in [0.25, 0.3) is 11.0 Å². The Morgan fingerprint density at radius 3 is 2.14 bits per heavy atom. The smallest absolute Gasteiger partial charge is 0.329 e. The number of carbonyl (C=O) groups excluding carboxylic acids is 2. The van der Waals surface area contributed by atoms with Crippen molar-refractivity contribution in [1.82, 2.24) is 19.4 Å². The Bertz CT molecular complexity index is 1230. The summed E-state index contributed by atoms with van der Waals surface area (Å²) in [6.45, 7) is 8.50. The van der Waals surface area contributed by atoms with Gasteiger partial charge in [0.05, 0.1) is 23.2 Å². The van der Waals surface area contributed by atoms with E-state index in [2.05, 4.69) is 5.32 Å². The van der Waals surface area contributed by atoms with Gasteiger partial charge in [-0.15, -0.1) is 0 Å². The summed E-state index contributed by atoms with van der Waals surface area (Å²) in [6.07, 6.45) is 1.13. The van der Waals surface area contributed by atoms with E-state index >= 15 is 0 Å². The number of carbonyl (C=O) groups is 2. The highest BCUT2D eigenvalue weighted by Gasteiger charge is 2.26. The zero-order valence-corrected chi connectivity index (χ0v) is 20.7. The van der Waals surface area contributed by atoms with Gasteiger partial charge < -0.3 is 15.0 Å². The van der Waals surface area contributed by atoms with Crippen molar-refractivity contribution in [1.29, 1.82) is 0 Å². The van der Waals surface area contributed by atoms with Crippen LogP contribution in [0.15, 0.2) is 53.3 Å². The summed E-state index contributed by atoms with van der Waals surface area (Å²) in [5.41, 5.74) is 3.21. The quantitative estimate of drug-likeness (QED) is 0.539. The molecule has 2 aromatic carbocycles. The molecule has 186 valence electrons. The monoisotopic (exact) mass is 478 g/mol. The minimum atomic E-state index is -0.124. The van der Waals surface area contributed by atoms with Crippen LogP contribution in [0.1, 0.15) is 49.5 Å². The van der Waals surface area contributed by atoms with E-state index in [0.717, 1.165) is 23.0 Å². The maximum Gasteiger partial charge on any atom is 0.329 e. The Balaban J connectivity index is 1.32. The number of nitrogens with zero attached hydrogens (tertiary/aromatic N) is 3. The molecule has 0 bridgehead atoms. The van der Waals surface area contributed by atoms with E-state index in [0.29, 0.717) is 38.3 Å². The average molecular weight is 479 g/mol. The molecule has 4 rings (SSSR count). The lowest BCUT2D eigenvalue weighted by Crippen LogP contribution is -2.48. The fourth-order valence-corrected chi connectivity index (χ4v) is 4.72. The lowest BCUT2D eigenvalue weighted by atomic mass is 10.1. The maximum atomic E-state index is 12.9. The van der Waals surface area contributed by atoms with Crippen molar-refractivity contribution in [3.8, 4) is 0 Å². The van der Waals surface area contributed by atoms with Gasteiger partial charge in [0.25, 0.3) is 5.91 Å². The van der Waals surface area contributed by atoms with Gasteiger partial charge in [-0.1, -0.05) is 31.2 Å². The molecule has 0 aliphatic carbocycles. The first-order valence-corrected chi connectivity index (χ1v) is 12.4. The Morgan fingerprint density at radius 2 is 1.54 bits per heavy atom. The van der Waals surface area contributed by atoms with Crippen LogP contribution >= 0.6 is 0 Å². The molecule has 8 heteroatoms. The molecule has 1 aliphatic heterocycles. The van der Waals surface area contributed by atoms with Crippen molar-refractivity contribution in [2.45, 2.75) is 65.5 Å². The van der Waals surface area contributed by atoms with Gasteiger partial charge in [0.1, 0.15) is 0 Å². The van der Waals surface area contributed by atoms with Crippen LogP contribution in [-0.2, 0) is 29.2 Å². The van der Waals surface area contributed by atoms with E-state index in [1.54, 1.807) is 21.3 Å². The third kappa shape index (κ3) is 5.65. The summed E-state index contributed by atoms with van der Waals surface area (Å²) >= 11 is 0. The predicted molar refractivity (Wildman–Crippen MR) is 135 cm³/mol. The SMILES string of the molecule is CCCn1c(=O)n(CCC(=O)NCc2ccc(C(=O)N3CC(C)OC(C)C3)cc2)c2ccccc21. The molecule has 2 unspecified atom stereocenters. The highest BCUT2D eigenvalue weighted by molar-refractivity contribution is 5.94. The summed E-state index contributed by atoms with van der Waals surface area (Å²) < 4.78 is 9.16. The molecule has 8 nitrogen and oxygen atoms in total. The van der Waals surface area contributed by atoms with Crippen LogP contribution in [0.2, 0.25) is 0 Å². The molecule has 3 aromatic rings. The maximum absolute atomic E-state index is 12.9. The molecule has 0 spiro atoms. The van der Waals surface area contributed by atoms with Gasteiger partial charge in [0.15, 0.2) is 0 Å². The molecule has 2 amide bonds. The molecule has 35 heavy (non-hydrogen) atoms. The number of ether oxygens (including phenoxy) is 1. The lowest BCUT2D eigenvalue weighted by molar-refractivity contribution is -0.121. The van der Waals surface area contributed by atoms with E-state index in [1.807, 2.05) is 62.1 Å². The number of para-hydroxylation sites is 2. The molecule has 1 N–H and O–H groups in total. The number of morpholine rings is 1. The minimum absolute atomic E-state index is 0.00439. The average Bonchev–Trinajstić information content (AvgIpc) is 3.11. The normalized spacial score (nSPS) is 18.1. The highest BCUT2D eigenvalue weighted by Crippen LogP contribution is 2.16. The van der Waals surface area contributed by atoms with E-state index in [1.165, 1.54) is 0 Å². The molecule has 0 radical (unpaired) electrons. The second-order valence-electron chi connectivity index (χ2n) is 9.27. The number of aryl methyl sites for hydroxylation is 2. The summed E-state index contributed by atoms with van der Waals surface area (Å²) in [4.78, 5) is 40.0. The third-order valence-corrected chi connectivity index (χ3v) is 6.33. The van der Waals surface area contributed by atoms with Gasteiger partial charge in [-0.25, -0.2) is 4.79 Å². The third-order valence-electron chi connectivity index (χ3n) is 6.33. The predicted octanol–water partition coefficient (Wildman–Crippen LogP) is 3.17. The number of rotatable bonds is 8. The summed E-state index contributed by atoms with van der Waals surface area (Å²) in [5.74, 6) is -0.129. The first-order valence-electron chi connectivity index (χ1n) is 12.4. The first kappa shape index (κ1) is 24.7.